The number of esters is 3. The van der Waals surface area contributed by atoms with Crippen molar-refractivity contribution in [1.29, 1.82) is 0 Å². The SMILES string of the molecule is CC\C=C/C=C\C=C/C=C\C=C/CCCCCC(=O)OCC(COC(=O)CCCCCCCCCCCC)OC(=O)CCCCCCCCCCCCC. The van der Waals surface area contributed by atoms with Crippen LogP contribution in [0.4, 0.5) is 0 Å². The van der Waals surface area contributed by atoms with Gasteiger partial charge in [-0.3, -0.25) is 14.4 Å². The second-order valence-corrected chi connectivity index (χ2v) is 14.7. The summed E-state index contributed by atoms with van der Waals surface area (Å²) in [5, 5.41) is 0. The Morgan fingerprint density at radius 2 is 0.722 bits per heavy atom. The van der Waals surface area contributed by atoms with Crippen molar-refractivity contribution in [2.45, 2.75) is 213 Å². The number of ether oxygens (including phenoxy) is 3. The van der Waals surface area contributed by atoms with Gasteiger partial charge in [-0.25, -0.2) is 0 Å². The highest BCUT2D eigenvalue weighted by atomic mass is 16.6. The van der Waals surface area contributed by atoms with Gasteiger partial charge < -0.3 is 14.2 Å². The molecule has 310 valence electrons. The molecular formula is C48H82O6. The van der Waals surface area contributed by atoms with Crippen LogP contribution in [0.25, 0.3) is 0 Å². The van der Waals surface area contributed by atoms with Gasteiger partial charge in [0.1, 0.15) is 13.2 Å². The first-order valence-electron chi connectivity index (χ1n) is 22.4. The number of hydrogen-bond acceptors (Lipinski definition) is 6. The van der Waals surface area contributed by atoms with E-state index in [0.29, 0.717) is 19.3 Å². The highest BCUT2D eigenvalue weighted by Crippen LogP contribution is 2.14. The molecule has 0 aliphatic heterocycles. The van der Waals surface area contributed by atoms with Gasteiger partial charge in [0.15, 0.2) is 6.10 Å². The molecule has 54 heavy (non-hydrogen) atoms. The molecule has 0 aromatic rings. The Kier molecular flexibility index (Phi) is 40.6. The molecule has 0 aliphatic carbocycles. The van der Waals surface area contributed by atoms with E-state index in [4.69, 9.17) is 14.2 Å². The van der Waals surface area contributed by atoms with Crippen molar-refractivity contribution in [2.24, 2.45) is 0 Å². The van der Waals surface area contributed by atoms with E-state index in [2.05, 4.69) is 32.9 Å². The Balaban J connectivity index is 4.45. The molecule has 0 aliphatic rings. The standard InChI is InChI=1S/C48H82O6/c1-4-7-10-13-16-19-22-23-24-25-27-29-32-35-38-41-47(50)53-44-45(43-52-46(49)40-37-34-31-28-21-18-15-12-9-6-3)54-48(51)42-39-36-33-30-26-20-17-14-11-8-5-2/h7,10,13,16,19,22-25,27,45H,4-6,8-9,11-12,14-15,17-18,20-21,26,28-44H2,1-3H3/b10-7-,16-13-,22-19-,24-23-,27-25-. The minimum Gasteiger partial charge on any atom is -0.462 e. The lowest BCUT2D eigenvalue weighted by Crippen LogP contribution is -2.30. The van der Waals surface area contributed by atoms with Crippen molar-refractivity contribution in [3.8, 4) is 0 Å². The summed E-state index contributed by atoms with van der Waals surface area (Å²) < 4.78 is 16.6. The maximum atomic E-state index is 12.7. The number of allylic oxidation sites excluding steroid dienone is 10. The second kappa shape index (κ2) is 42.8. The van der Waals surface area contributed by atoms with Crippen molar-refractivity contribution in [2.75, 3.05) is 13.2 Å². The minimum absolute atomic E-state index is 0.0859. The Morgan fingerprint density at radius 3 is 1.13 bits per heavy atom. The Hall–Kier alpha value is -2.89. The van der Waals surface area contributed by atoms with E-state index >= 15 is 0 Å². The molecule has 0 heterocycles. The Labute approximate surface area is 332 Å². The second-order valence-electron chi connectivity index (χ2n) is 14.7. The summed E-state index contributed by atoms with van der Waals surface area (Å²) in [5.41, 5.74) is 0. The predicted octanol–water partition coefficient (Wildman–Crippen LogP) is 14.1. The minimum atomic E-state index is -0.784. The molecule has 0 radical (unpaired) electrons. The van der Waals surface area contributed by atoms with E-state index in [0.717, 1.165) is 70.6 Å². The molecular weight excluding hydrogens is 673 g/mol. The first-order valence-corrected chi connectivity index (χ1v) is 22.4. The van der Waals surface area contributed by atoms with Gasteiger partial charge in [0.2, 0.25) is 0 Å². The van der Waals surface area contributed by atoms with Crippen molar-refractivity contribution >= 4 is 17.9 Å². The third-order valence-corrected chi connectivity index (χ3v) is 9.41. The zero-order chi connectivity index (χ0) is 39.4. The van der Waals surface area contributed by atoms with Crippen molar-refractivity contribution in [1.82, 2.24) is 0 Å². The first kappa shape index (κ1) is 51.1. The highest BCUT2D eigenvalue weighted by Gasteiger charge is 2.19. The zero-order valence-electron chi connectivity index (χ0n) is 35.2. The average molecular weight is 755 g/mol. The molecule has 0 saturated heterocycles. The van der Waals surface area contributed by atoms with Crippen LogP contribution in [-0.4, -0.2) is 37.2 Å². The monoisotopic (exact) mass is 755 g/mol. The molecule has 0 N–H and O–H groups in total. The third kappa shape index (κ3) is 40.3. The maximum Gasteiger partial charge on any atom is 0.306 e. The predicted molar refractivity (Wildman–Crippen MR) is 228 cm³/mol. The Bertz CT molecular complexity index is 1010. The van der Waals surface area contributed by atoms with Gasteiger partial charge in [0.25, 0.3) is 0 Å². The topological polar surface area (TPSA) is 78.9 Å². The van der Waals surface area contributed by atoms with Gasteiger partial charge in [-0.05, 0) is 38.5 Å². The summed E-state index contributed by atoms with van der Waals surface area (Å²) in [4.78, 5) is 37.7. The van der Waals surface area contributed by atoms with Crippen LogP contribution in [-0.2, 0) is 28.6 Å². The number of carbonyl (C=O) groups is 3. The number of rotatable bonds is 39. The van der Waals surface area contributed by atoms with Crippen LogP contribution in [0.2, 0.25) is 0 Å². The van der Waals surface area contributed by atoms with Gasteiger partial charge in [0.05, 0.1) is 0 Å². The van der Waals surface area contributed by atoms with E-state index in [9.17, 15) is 14.4 Å². The molecule has 0 saturated carbocycles. The van der Waals surface area contributed by atoms with Crippen molar-refractivity contribution in [3.05, 3.63) is 60.8 Å². The average Bonchev–Trinajstić information content (AvgIpc) is 3.17. The number of carbonyl (C=O) groups excluding carboxylic acids is 3. The summed E-state index contributed by atoms with van der Waals surface area (Å²) in [6.07, 6.45) is 50.5. The fourth-order valence-electron chi connectivity index (χ4n) is 6.05. The fraction of sp³-hybridized carbons (Fsp3) is 0.729. The smallest absolute Gasteiger partial charge is 0.306 e. The lowest BCUT2D eigenvalue weighted by atomic mass is 10.1. The molecule has 0 amide bonds. The quantitative estimate of drug-likeness (QED) is 0.0269. The van der Waals surface area contributed by atoms with Crippen LogP contribution < -0.4 is 0 Å². The molecule has 0 bridgehead atoms. The van der Waals surface area contributed by atoms with Gasteiger partial charge in [-0.2, -0.15) is 0 Å². The van der Waals surface area contributed by atoms with E-state index < -0.39 is 6.10 Å². The first-order chi connectivity index (χ1) is 26.5. The van der Waals surface area contributed by atoms with E-state index in [1.165, 1.54) is 96.3 Å². The van der Waals surface area contributed by atoms with Gasteiger partial charge >= 0.3 is 17.9 Å². The zero-order valence-corrected chi connectivity index (χ0v) is 35.2. The normalized spacial score (nSPS) is 12.6. The van der Waals surface area contributed by atoms with Gasteiger partial charge in [0, 0.05) is 19.3 Å². The van der Waals surface area contributed by atoms with Crippen molar-refractivity contribution < 1.29 is 28.6 Å². The molecule has 1 unspecified atom stereocenters. The molecule has 6 nitrogen and oxygen atoms in total. The largest absolute Gasteiger partial charge is 0.462 e. The lowest BCUT2D eigenvalue weighted by Gasteiger charge is -2.18. The van der Waals surface area contributed by atoms with Crippen LogP contribution in [0.5, 0.6) is 0 Å². The van der Waals surface area contributed by atoms with E-state index in [-0.39, 0.29) is 31.1 Å². The summed E-state index contributed by atoms with van der Waals surface area (Å²) in [7, 11) is 0. The molecule has 0 fully saturated rings. The summed E-state index contributed by atoms with van der Waals surface area (Å²) in [6, 6.07) is 0. The van der Waals surface area contributed by atoms with E-state index in [1.54, 1.807) is 0 Å². The lowest BCUT2D eigenvalue weighted by molar-refractivity contribution is -0.167. The van der Waals surface area contributed by atoms with Gasteiger partial charge in [-0.1, -0.05) is 210 Å². The fourth-order valence-corrected chi connectivity index (χ4v) is 6.05. The molecule has 0 spiro atoms. The molecule has 0 aromatic carbocycles. The molecule has 0 aromatic heterocycles. The maximum absolute atomic E-state index is 12.7. The number of unbranched alkanes of at least 4 members (excludes halogenated alkanes) is 22. The molecule has 6 heteroatoms. The van der Waals surface area contributed by atoms with Crippen molar-refractivity contribution in [3.63, 3.8) is 0 Å². The van der Waals surface area contributed by atoms with Crippen LogP contribution in [0.1, 0.15) is 207 Å². The summed E-state index contributed by atoms with van der Waals surface area (Å²) in [6.45, 7) is 6.42. The third-order valence-electron chi connectivity index (χ3n) is 9.41. The highest BCUT2D eigenvalue weighted by molar-refractivity contribution is 5.71. The van der Waals surface area contributed by atoms with Crippen LogP contribution in [0.15, 0.2) is 60.8 Å². The van der Waals surface area contributed by atoms with Crippen LogP contribution >= 0.6 is 0 Å². The summed E-state index contributed by atoms with van der Waals surface area (Å²) >= 11 is 0. The Morgan fingerprint density at radius 1 is 0.389 bits per heavy atom. The van der Waals surface area contributed by atoms with Crippen LogP contribution in [0, 0.1) is 0 Å². The molecule has 1 atom stereocenters. The summed E-state index contributed by atoms with van der Waals surface area (Å²) in [5.74, 6) is -0.933. The van der Waals surface area contributed by atoms with E-state index in [1.807, 2.05) is 48.6 Å². The number of hydrogen-bond donors (Lipinski definition) is 0. The molecule has 0 rings (SSSR count). The van der Waals surface area contributed by atoms with Gasteiger partial charge in [-0.15, -0.1) is 0 Å². The van der Waals surface area contributed by atoms with Crippen LogP contribution in [0.3, 0.4) is 0 Å².